The Kier molecular flexibility index (Phi) is 6.89. The molecule has 2 amide bonds. The van der Waals surface area contributed by atoms with Crippen molar-refractivity contribution in [2.45, 2.75) is 19.1 Å². The molecule has 0 aromatic heterocycles. The summed E-state index contributed by atoms with van der Waals surface area (Å²) in [6, 6.07) is 9.45. The summed E-state index contributed by atoms with van der Waals surface area (Å²) in [5.41, 5.74) is 0.592. The molecule has 0 bridgehead atoms. The third-order valence-electron chi connectivity index (χ3n) is 5.64. The number of rotatable bonds is 5. The van der Waals surface area contributed by atoms with E-state index in [1.165, 1.54) is 34.2 Å². The smallest absolute Gasteiger partial charge is 0.406 e. The van der Waals surface area contributed by atoms with Gasteiger partial charge in [-0.3, -0.25) is 10.1 Å². The van der Waals surface area contributed by atoms with Crippen molar-refractivity contribution in [2.24, 2.45) is 11.8 Å². The Morgan fingerprint density at radius 1 is 0.861 bits per heavy atom. The first-order chi connectivity index (χ1) is 16.9. The summed E-state index contributed by atoms with van der Waals surface area (Å²) in [6.07, 6.45) is -9.96. The highest BCUT2D eigenvalue weighted by Crippen LogP contribution is 2.35. The first-order valence-electron chi connectivity index (χ1n) is 10.6. The third kappa shape index (κ3) is 6.50. The Morgan fingerprint density at radius 3 is 1.97 bits per heavy atom. The SMILES string of the molecule is O=C(Nc1ccc(OC(F)(F)F)cc1)ON1C[C@@H]2CCN(c3ccc(OC(F)(F)F)cc3)C(=O)[C@@H]2C1. The van der Waals surface area contributed by atoms with E-state index in [4.69, 9.17) is 4.84 Å². The van der Waals surface area contributed by atoms with Crippen LogP contribution in [0.25, 0.3) is 0 Å². The second-order valence-corrected chi connectivity index (χ2v) is 8.11. The van der Waals surface area contributed by atoms with E-state index in [2.05, 4.69) is 14.8 Å². The van der Waals surface area contributed by atoms with Gasteiger partial charge in [-0.2, -0.15) is 0 Å². The average Bonchev–Trinajstić information content (AvgIpc) is 3.17. The summed E-state index contributed by atoms with van der Waals surface area (Å²) < 4.78 is 81.4. The number of halogens is 6. The molecule has 0 spiro atoms. The summed E-state index contributed by atoms with van der Waals surface area (Å²) in [6.45, 7) is 0.751. The molecule has 2 aliphatic heterocycles. The third-order valence-corrected chi connectivity index (χ3v) is 5.64. The Bertz CT molecular complexity index is 1090. The summed E-state index contributed by atoms with van der Waals surface area (Å²) in [7, 11) is 0. The first-order valence-corrected chi connectivity index (χ1v) is 10.6. The molecule has 2 aliphatic rings. The number of piperidine rings is 1. The van der Waals surface area contributed by atoms with Gasteiger partial charge < -0.3 is 19.2 Å². The number of anilines is 2. The van der Waals surface area contributed by atoms with E-state index in [0.717, 1.165) is 24.3 Å². The number of carbonyl (C=O) groups excluding carboxylic acids is 2. The standard InChI is InChI=1S/C22H19F6N3O5/c23-21(24,25)34-16-5-1-14(2-6-16)29-20(33)36-30-11-13-9-10-31(19(32)18(13)12-30)15-3-7-17(8-4-15)35-22(26,27)28/h1-8,13,18H,9-12H2,(H,29,33)/t13-,18+/m0/s1. The Morgan fingerprint density at radius 2 is 1.42 bits per heavy atom. The molecule has 2 fully saturated rings. The predicted octanol–water partition coefficient (Wildman–Crippen LogP) is 4.93. The summed E-state index contributed by atoms with van der Waals surface area (Å²) in [4.78, 5) is 31.9. The van der Waals surface area contributed by atoms with Crippen LogP contribution in [0.3, 0.4) is 0 Å². The van der Waals surface area contributed by atoms with Gasteiger partial charge in [-0.25, -0.2) is 4.79 Å². The number of hydroxylamine groups is 2. The minimum atomic E-state index is -4.83. The van der Waals surface area contributed by atoms with Gasteiger partial charge in [0.2, 0.25) is 5.91 Å². The molecule has 4 rings (SSSR count). The van der Waals surface area contributed by atoms with E-state index < -0.39 is 36.2 Å². The Labute approximate surface area is 200 Å². The molecule has 194 valence electrons. The zero-order valence-corrected chi connectivity index (χ0v) is 18.3. The lowest BCUT2D eigenvalue weighted by Crippen LogP contribution is -2.45. The number of hydrogen-bond acceptors (Lipinski definition) is 6. The van der Waals surface area contributed by atoms with Gasteiger partial charge >= 0.3 is 18.8 Å². The molecule has 0 aliphatic carbocycles. The minimum Gasteiger partial charge on any atom is -0.406 e. The Hall–Kier alpha value is -3.68. The van der Waals surface area contributed by atoms with Gasteiger partial charge in [-0.1, -0.05) is 0 Å². The van der Waals surface area contributed by atoms with Crippen molar-refractivity contribution < 1.29 is 50.2 Å². The molecule has 2 atom stereocenters. The number of ether oxygens (including phenoxy) is 2. The predicted molar refractivity (Wildman–Crippen MR) is 112 cm³/mol. The van der Waals surface area contributed by atoms with E-state index in [1.807, 2.05) is 0 Å². The van der Waals surface area contributed by atoms with E-state index in [-0.39, 0.29) is 24.1 Å². The fraction of sp³-hybridized carbons (Fsp3) is 0.364. The largest absolute Gasteiger partial charge is 0.573 e. The normalized spacial score (nSPS) is 20.6. The van der Waals surface area contributed by atoms with Crippen LogP contribution in [-0.2, 0) is 9.63 Å². The second-order valence-electron chi connectivity index (χ2n) is 8.11. The highest BCUT2D eigenvalue weighted by atomic mass is 19.4. The van der Waals surface area contributed by atoms with Gasteiger partial charge in [0.1, 0.15) is 11.5 Å². The van der Waals surface area contributed by atoms with Crippen LogP contribution >= 0.6 is 0 Å². The quantitative estimate of drug-likeness (QED) is 0.565. The van der Waals surface area contributed by atoms with Crippen LogP contribution in [0, 0.1) is 11.8 Å². The molecule has 1 N–H and O–H groups in total. The molecule has 2 heterocycles. The van der Waals surface area contributed by atoms with Gasteiger partial charge in [-0.15, -0.1) is 31.4 Å². The molecule has 0 saturated carbocycles. The van der Waals surface area contributed by atoms with Crippen molar-refractivity contribution in [1.29, 1.82) is 0 Å². The average molecular weight is 519 g/mol. The highest BCUT2D eigenvalue weighted by Gasteiger charge is 2.44. The molecule has 14 heteroatoms. The van der Waals surface area contributed by atoms with Crippen molar-refractivity contribution in [3.05, 3.63) is 48.5 Å². The van der Waals surface area contributed by atoms with Crippen LogP contribution in [0.5, 0.6) is 11.5 Å². The summed E-state index contributed by atoms with van der Waals surface area (Å²) >= 11 is 0. The fourth-order valence-corrected chi connectivity index (χ4v) is 4.17. The van der Waals surface area contributed by atoms with E-state index in [0.29, 0.717) is 25.2 Å². The molecule has 2 aromatic rings. The van der Waals surface area contributed by atoms with Crippen LogP contribution in [-0.4, -0.2) is 49.4 Å². The van der Waals surface area contributed by atoms with Gasteiger partial charge in [0, 0.05) is 31.0 Å². The number of alkyl halides is 6. The minimum absolute atomic E-state index is 0.0896. The molecule has 2 saturated heterocycles. The number of benzene rings is 2. The van der Waals surface area contributed by atoms with Crippen LogP contribution in [0.2, 0.25) is 0 Å². The molecule has 2 aromatic carbocycles. The van der Waals surface area contributed by atoms with E-state index >= 15 is 0 Å². The molecule has 8 nitrogen and oxygen atoms in total. The number of fused-ring (bicyclic) bond motifs is 1. The number of hydrogen-bond donors (Lipinski definition) is 1. The zero-order valence-electron chi connectivity index (χ0n) is 18.3. The molecule has 0 unspecified atom stereocenters. The van der Waals surface area contributed by atoms with Crippen molar-refractivity contribution in [3.8, 4) is 11.5 Å². The molecular weight excluding hydrogens is 500 g/mol. The van der Waals surface area contributed by atoms with Gasteiger partial charge in [0.25, 0.3) is 0 Å². The number of carbonyl (C=O) groups is 2. The number of nitrogens with one attached hydrogen (secondary N) is 1. The maximum absolute atomic E-state index is 13.0. The van der Waals surface area contributed by atoms with Crippen LogP contribution in [0.1, 0.15) is 6.42 Å². The molecule has 0 radical (unpaired) electrons. The van der Waals surface area contributed by atoms with Crippen molar-refractivity contribution in [1.82, 2.24) is 5.06 Å². The number of amides is 2. The van der Waals surface area contributed by atoms with Gasteiger partial charge in [0.15, 0.2) is 0 Å². The monoisotopic (exact) mass is 519 g/mol. The topological polar surface area (TPSA) is 80.3 Å². The Balaban J connectivity index is 1.30. The zero-order chi connectivity index (χ0) is 26.1. The second kappa shape index (κ2) is 9.76. The summed E-state index contributed by atoms with van der Waals surface area (Å²) in [5, 5.41) is 3.71. The van der Waals surface area contributed by atoms with Crippen molar-refractivity contribution >= 4 is 23.4 Å². The summed E-state index contributed by atoms with van der Waals surface area (Å²) in [5.74, 6) is -1.68. The first kappa shape index (κ1) is 25.4. The van der Waals surface area contributed by atoms with E-state index in [9.17, 15) is 35.9 Å². The van der Waals surface area contributed by atoms with Crippen molar-refractivity contribution in [2.75, 3.05) is 29.9 Å². The maximum Gasteiger partial charge on any atom is 0.573 e. The molecular formula is C22H19F6N3O5. The number of nitrogens with zero attached hydrogens (tertiary/aromatic N) is 2. The van der Waals surface area contributed by atoms with Crippen LogP contribution in [0.4, 0.5) is 42.5 Å². The highest BCUT2D eigenvalue weighted by molar-refractivity contribution is 5.96. The lowest BCUT2D eigenvalue weighted by atomic mass is 9.87. The fourth-order valence-electron chi connectivity index (χ4n) is 4.17. The van der Waals surface area contributed by atoms with Gasteiger partial charge in [-0.05, 0) is 60.9 Å². The van der Waals surface area contributed by atoms with Crippen LogP contribution in [0.15, 0.2) is 48.5 Å². The molecule has 36 heavy (non-hydrogen) atoms. The van der Waals surface area contributed by atoms with Gasteiger partial charge in [0.05, 0.1) is 5.92 Å². The van der Waals surface area contributed by atoms with E-state index in [1.54, 1.807) is 0 Å². The maximum atomic E-state index is 13.0. The lowest BCUT2D eigenvalue weighted by molar-refractivity contribution is -0.275. The lowest BCUT2D eigenvalue weighted by Gasteiger charge is -2.33. The van der Waals surface area contributed by atoms with Crippen LogP contribution < -0.4 is 19.7 Å². The van der Waals surface area contributed by atoms with Crippen molar-refractivity contribution in [3.63, 3.8) is 0 Å².